The first-order valence-electron chi connectivity index (χ1n) is 6.06. The molecule has 1 aromatic heterocycles. The number of carboxylic acids is 1. The van der Waals surface area contributed by atoms with Crippen LogP contribution in [-0.4, -0.2) is 32.4 Å². The summed E-state index contributed by atoms with van der Waals surface area (Å²) in [5, 5.41) is 13.0. The Morgan fingerprint density at radius 1 is 1.32 bits per heavy atom. The highest BCUT2D eigenvalue weighted by molar-refractivity contribution is 5.72. The molecule has 0 amide bonds. The summed E-state index contributed by atoms with van der Waals surface area (Å²) in [6, 6.07) is 0. The molecule has 19 heavy (non-hydrogen) atoms. The number of nitrogens with zero attached hydrogens (tertiary/aromatic N) is 2. The molecule has 6 heteroatoms. The molecule has 1 N–H and O–H groups in total. The van der Waals surface area contributed by atoms with Crippen molar-refractivity contribution in [1.29, 1.82) is 0 Å². The molecule has 1 heterocycles. The minimum Gasteiger partial charge on any atom is -0.481 e. The number of carboxylic acid groups (broad SMARTS) is 1. The highest BCUT2D eigenvalue weighted by Crippen LogP contribution is 2.15. The number of aromatic nitrogens is 2. The number of aliphatic carboxylic acids is 1. The van der Waals surface area contributed by atoms with Crippen LogP contribution in [0.2, 0.25) is 0 Å². The summed E-state index contributed by atoms with van der Waals surface area (Å²) in [6.07, 6.45) is -0.0913. The average Bonchev–Trinajstić information content (AvgIpc) is 2.42. The van der Waals surface area contributed by atoms with Crippen molar-refractivity contribution in [2.24, 2.45) is 0 Å². The third-order valence-corrected chi connectivity index (χ3v) is 2.56. The summed E-state index contributed by atoms with van der Waals surface area (Å²) in [6.45, 7) is 8.86. The molecule has 0 unspecified atom stereocenters. The van der Waals surface area contributed by atoms with Crippen molar-refractivity contribution in [3.8, 4) is 0 Å². The Hall–Kier alpha value is -1.85. The van der Waals surface area contributed by atoms with Crippen LogP contribution in [-0.2, 0) is 27.3 Å². The van der Waals surface area contributed by atoms with E-state index in [1.54, 1.807) is 34.6 Å². The van der Waals surface area contributed by atoms with Gasteiger partial charge in [-0.05, 0) is 34.6 Å². The molecule has 0 aromatic carbocycles. The van der Waals surface area contributed by atoms with Gasteiger partial charge in [-0.3, -0.25) is 14.3 Å². The Morgan fingerprint density at radius 3 is 2.37 bits per heavy atom. The molecule has 0 bridgehead atoms. The standard InChI is InChI=1S/C13H20N2O4/c1-8-10(6-11(16)17)9(2)15(14-8)7-12(18)19-13(3,4)5/h6-7H2,1-5H3,(H,16,17). The third-order valence-electron chi connectivity index (χ3n) is 2.56. The summed E-state index contributed by atoms with van der Waals surface area (Å²) in [4.78, 5) is 22.5. The maximum absolute atomic E-state index is 11.7. The Labute approximate surface area is 112 Å². The lowest BCUT2D eigenvalue weighted by Gasteiger charge is -2.19. The van der Waals surface area contributed by atoms with Gasteiger partial charge in [-0.15, -0.1) is 0 Å². The fraction of sp³-hybridized carbons (Fsp3) is 0.615. The molecule has 0 fully saturated rings. The predicted octanol–water partition coefficient (Wildman–Crippen LogP) is 1.47. The van der Waals surface area contributed by atoms with E-state index in [1.165, 1.54) is 4.68 Å². The van der Waals surface area contributed by atoms with Gasteiger partial charge in [0.05, 0.1) is 12.1 Å². The molecule has 1 aromatic rings. The van der Waals surface area contributed by atoms with Gasteiger partial charge in [-0.1, -0.05) is 0 Å². The second-order valence-electron chi connectivity index (χ2n) is 5.46. The first kappa shape index (κ1) is 15.2. The number of ether oxygens (including phenoxy) is 1. The van der Waals surface area contributed by atoms with Gasteiger partial charge in [-0.25, -0.2) is 0 Å². The van der Waals surface area contributed by atoms with Gasteiger partial charge in [0, 0.05) is 11.3 Å². The van der Waals surface area contributed by atoms with Gasteiger partial charge in [0.25, 0.3) is 0 Å². The average molecular weight is 268 g/mol. The lowest BCUT2D eigenvalue weighted by Crippen LogP contribution is -2.27. The van der Waals surface area contributed by atoms with Crippen LogP contribution in [0.5, 0.6) is 0 Å². The predicted molar refractivity (Wildman–Crippen MR) is 68.9 cm³/mol. The van der Waals surface area contributed by atoms with E-state index >= 15 is 0 Å². The lowest BCUT2D eigenvalue weighted by molar-refractivity contribution is -0.155. The second-order valence-corrected chi connectivity index (χ2v) is 5.46. The number of hydrogen-bond acceptors (Lipinski definition) is 4. The molecule has 0 aliphatic rings. The fourth-order valence-corrected chi connectivity index (χ4v) is 1.79. The van der Waals surface area contributed by atoms with Crippen LogP contribution in [0.25, 0.3) is 0 Å². The van der Waals surface area contributed by atoms with E-state index in [9.17, 15) is 9.59 Å². The number of aryl methyl sites for hydroxylation is 1. The van der Waals surface area contributed by atoms with E-state index in [0.29, 0.717) is 17.0 Å². The molecule has 6 nitrogen and oxygen atoms in total. The van der Waals surface area contributed by atoms with Crippen LogP contribution in [0.3, 0.4) is 0 Å². The van der Waals surface area contributed by atoms with Gasteiger partial charge in [-0.2, -0.15) is 5.10 Å². The molecule has 0 spiro atoms. The maximum atomic E-state index is 11.7. The maximum Gasteiger partial charge on any atom is 0.328 e. The summed E-state index contributed by atoms with van der Waals surface area (Å²) >= 11 is 0. The van der Waals surface area contributed by atoms with Gasteiger partial charge < -0.3 is 9.84 Å². The number of rotatable bonds is 4. The molecule has 0 saturated heterocycles. The zero-order valence-electron chi connectivity index (χ0n) is 12.0. The van der Waals surface area contributed by atoms with E-state index in [4.69, 9.17) is 9.84 Å². The molecule has 0 aliphatic carbocycles. The van der Waals surface area contributed by atoms with E-state index < -0.39 is 11.6 Å². The van der Waals surface area contributed by atoms with Gasteiger partial charge in [0.15, 0.2) is 0 Å². The molecular formula is C13H20N2O4. The number of hydrogen-bond donors (Lipinski definition) is 1. The van der Waals surface area contributed by atoms with Crippen LogP contribution in [0.15, 0.2) is 0 Å². The molecule has 1 rings (SSSR count). The quantitative estimate of drug-likeness (QED) is 0.836. The number of carbonyl (C=O) groups excluding carboxylic acids is 1. The van der Waals surface area contributed by atoms with Crippen molar-refractivity contribution in [2.45, 2.75) is 53.2 Å². The van der Waals surface area contributed by atoms with Crippen molar-refractivity contribution in [1.82, 2.24) is 9.78 Å². The Morgan fingerprint density at radius 2 is 1.89 bits per heavy atom. The first-order chi connectivity index (χ1) is 8.60. The Bertz CT molecular complexity index is 497. The van der Waals surface area contributed by atoms with Gasteiger partial charge in [0.2, 0.25) is 0 Å². The van der Waals surface area contributed by atoms with Crippen molar-refractivity contribution in [3.63, 3.8) is 0 Å². The van der Waals surface area contributed by atoms with Crippen molar-refractivity contribution < 1.29 is 19.4 Å². The summed E-state index contributed by atoms with van der Waals surface area (Å²) in [7, 11) is 0. The van der Waals surface area contributed by atoms with Crippen LogP contribution in [0, 0.1) is 13.8 Å². The van der Waals surface area contributed by atoms with Crippen LogP contribution < -0.4 is 0 Å². The monoisotopic (exact) mass is 268 g/mol. The zero-order chi connectivity index (χ0) is 14.8. The highest BCUT2D eigenvalue weighted by atomic mass is 16.6. The molecule has 0 saturated carbocycles. The summed E-state index contributed by atoms with van der Waals surface area (Å²) < 4.78 is 6.70. The SMILES string of the molecule is Cc1nn(CC(=O)OC(C)(C)C)c(C)c1CC(=O)O. The molecule has 0 aliphatic heterocycles. The highest BCUT2D eigenvalue weighted by Gasteiger charge is 2.20. The minimum absolute atomic E-state index is 0.0104. The number of esters is 1. The molecule has 0 atom stereocenters. The van der Waals surface area contributed by atoms with Crippen LogP contribution in [0.4, 0.5) is 0 Å². The zero-order valence-corrected chi connectivity index (χ0v) is 12.0. The Kier molecular flexibility index (Phi) is 4.34. The first-order valence-corrected chi connectivity index (χ1v) is 6.06. The van der Waals surface area contributed by atoms with E-state index in [0.717, 1.165) is 0 Å². The van der Waals surface area contributed by atoms with E-state index in [1.807, 2.05) is 0 Å². The second kappa shape index (κ2) is 5.42. The summed E-state index contributed by atoms with van der Waals surface area (Å²) in [5.41, 5.74) is 1.42. The van der Waals surface area contributed by atoms with Crippen LogP contribution >= 0.6 is 0 Å². The van der Waals surface area contributed by atoms with Crippen molar-refractivity contribution >= 4 is 11.9 Å². The van der Waals surface area contributed by atoms with Gasteiger partial charge in [0.1, 0.15) is 12.1 Å². The topological polar surface area (TPSA) is 81.4 Å². The van der Waals surface area contributed by atoms with Crippen molar-refractivity contribution in [3.05, 3.63) is 17.0 Å². The minimum atomic E-state index is -0.914. The lowest BCUT2D eigenvalue weighted by atomic mass is 10.1. The fourth-order valence-electron chi connectivity index (χ4n) is 1.79. The molecular weight excluding hydrogens is 248 g/mol. The van der Waals surface area contributed by atoms with Gasteiger partial charge >= 0.3 is 11.9 Å². The van der Waals surface area contributed by atoms with E-state index in [-0.39, 0.29) is 18.9 Å². The smallest absolute Gasteiger partial charge is 0.328 e. The molecule has 0 radical (unpaired) electrons. The van der Waals surface area contributed by atoms with Crippen LogP contribution in [0.1, 0.15) is 37.7 Å². The van der Waals surface area contributed by atoms with E-state index in [2.05, 4.69) is 5.10 Å². The number of carbonyl (C=O) groups is 2. The third kappa shape index (κ3) is 4.39. The molecule has 106 valence electrons. The summed E-state index contributed by atoms with van der Waals surface area (Å²) in [5.74, 6) is -1.30. The Balaban J connectivity index is 2.86. The largest absolute Gasteiger partial charge is 0.481 e. The van der Waals surface area contributed by atoms with Crippen molar-refractivity contribution in [2.75, 3.05) is 0 Å². The normalized spacial score (nSPS) is 11.4.